The predicted molar refractivity (Wildman–Crippen MR) is 79.3 cm³/mol. The maximum absolute atomic E-state index is 13.3. The summed E-state index contributed by atoms with van der Waals surface area (Å²) in [4.78, 5) is 0. The standard InChI is InChI=1S/C14H7Cl2F3N4O/c15-6-2-1-3-7(16)9(6)8-5(4-20)12(21)24-13-10(8)11(22-23-13)14(17,18)19/h1-3,8H,21H2,(H,22,23). The van der Waals surface area contributed by atoms with Gasteiger partial charge in [0.15, 0.2) is 0 Å². The summed E-state index contributed by atoms with van der Waals surface area (Å²) in [5, 5.41) is 14.9. The van der Waals surface area contributed by atoms with E-state index in [2.05, 4.69) is 5.10 Å². The number of fused-ring (bicyclic) bond motifs is 1. The van der Waals surface area contributed by atoms with Crippen LogP contribution in [-0.2, 0) is 6.18 Å². The molecule has 10 heteroatoms. The fourth-order valence-corrected chi connectivity index (χ4v) is 3.15. The van der Waals surface area contributed by atoms with Gasteiger partial charge in [-0.25, -0.2) is 0 Å². The maximum Gasteiger partial charge on any atom is 0.433 e. The van der Waals surface area contributed by atoms with Crippen molar-refractivity contribution in [3.05, 3.63) is 56.5 Å². The van der Waals surface area contributed by atoms with E-state index in [4.69, 9.17) is 33.7 Å². The Balaban J connectivity index is 2.36. The lowest BCUT2D eigenvalue weighted by molar-refractivity contribution is -0.141. The number of hydrogen-bond donors (Lipinski definition) is 2. The number of halogens is 5. The van der Waals surface area contributed by atoms with Crippen LogP contribution in [0.5, 0.6) is 5.88 Å². The summed E-state index contributed by atoms with van der Waals surface area (Å²) in [5.74, 6) is -1.98. The number of nitriles is 1. The van der Waals surface area contributed by atoms with E-state index in [-0.39, 0.29) is 38.5 Å². The van der Waals surface area contributed by atoms with E-state index < -0.39 is 17.8 Å². The molecule has 24 heavy (non-hydrogen) atoms. The molecule has 1 aromatic carbocycles. The molecule has 1 unspecified atom stereocenters. The first-order valence-corrected chi connectivity index (χ1v) is 7.18. The second-order valence-electron chi connectivity index (χ2n) is 4.88. The van der Waals surface area contributed by atoms with Gasteiger partial charge in [-0.05, 0) is 12.1 Å². The largest absolute Gasteiger partial charge is 0.433 e. The van der Waals surface area contributed by atoms with Gasteiger partial charge in [0.1, 0.15) is 17.3 Å². The highest BCUT2D eigenvalue weighted by Gasteiger charge is 2.45. The first kappa shape index (κ1) is 16.5. The van der Waals surface area contributed by atoms with Crippen LogP contribution in [0.4, 0.5) is 13.2 Å². The van der Waals surface area contributed by atoms with E-state index in [1.165, 1.54) is 18.2 Å². The molecule has 5 nitrogen and oxygen atoms in total. The normalized spacial score (nSPS) is 17.2. The average molecular weight is 375 g/mol. The van der Waals surface area contributed by atoms with Gasteiger partial charge in [0.25, 0.3) is 0 Å². The second-order valence-corrected chi connectivity index (χ2v) is 5.69. The van der Waals surface area contributed by atoms with Crippen molar-refractivity contribution in [2.45, 2.75) is 12.1 Å². The Morgan fingerprint density at radius 1 is 1.25 bits per heavy atom. The third-order valence-electron chi connectivity index (χ3n) is 3.51. The smallest absolute Gasteiger partial charge is 0.420 e. The maximum atomic E-state index is 13.3. The minimum atomic E-state index is -4.75. The number of alkyl halides is 3. The van der Waals surface area contributed by atoms with Crippen LogP contribution in [0.1, 0.15) is 22.7 Å². The molecule has 1 aromatic heterocycles. The van der Waals surface area contributed by atoms with Crippen molar-refractivity contribution in [2.24, 2.45) is 5.73 Å². The fraction of sp³-hybridized carbons (Fsp3) is 0.143. The summed E-state index contributed by atoms with van der Waals surface area (Å²) in [6, 6.07) is 6.21. The van der Waals surface area contributed by atoms with Gasteiger partial charge in [-0.15, -0.1) is 5.10 Å². The predicted octanol–water partition coefficient (Wildman–Crippen LogP) is 3.95. The van der Waals surface area contributed by atoms with Crippen LogP contribution in [0.15, 0.2) is 29.7 Å². The molecule has 1 atom stereocenters. The van der Waals surface area contributed by atoms with Crippen LogP contribution in [0.3, 0.4) is 0 Å². The lowest BCUT2D eigenvalue weighted by atomic mass is 9.84. The molecule has 1 aliphatic heterocycles. The summed E-state index contributed by atoms with van der Waals surface area (Å²) in [6.45, 7) is 0. The SMILES string of the molecule is N#CC1=C(N)Oc2n[nH]c(C(F)(F)F)c2C1c1c(Cl)cccc1Cl. The van der Waals surface area contributed by atoms with Crippen LogP contribution in [0, 0.1) is 11.3 Å². The lowest BCUT2D eigenvalue weighted by Crippen LogP contribution is -2.23. The van der Waals surface area contributed by atoms with E-state index in [1.807, 2.05) is 5.10 Å². The number of ether oxygens (including phenoxy) is 1. The van der Waals surface area contributed by atoms with Crippen LogP contribution in [0.2, 0.25) is 10.0 Å². The second kappa shape index (κ2) is 5.61. The molecule has 1 aliphatic rings. The number of allylic oxidation sites excluding steroid dienone is 1. The quantitative estimate of drug-likeness (QED) is 0.790. The van der Waals surface area contributed by atoms with Crippen molar-refractivity contribution in [3.8, 4) is 11.9 Å². The van der Waals surface area contributed by atoms with Crippen molar-refractivity contribution in [1.82, 2.24) is 10.2 Å². The molecule has 3 N–H and O–H groups in total. The summed E-state index contributed by atoms with van der Waals surface area (Å²) in [7, 11) is 0. The molecule has 0 saturated carbocycles. The summed E-state index contributed by atoms with van der Waals surface area (Å²) < 4.78 is 45.0. The van der Waals surface area contributed by atoms with E-state index in [9.17, 15) is 18.4 Å². The molecule has 0 radical (unpaired) electrons. The van der Waals surface area contributed by atoms with Crippen molar-refractivity contribution >= 4 is 23.2 Å². The van der Waals surface area contributed by atoms with Crippen LogP contribution in [-0.4, -0.2) is 10.2 Å². The third kappa shape index (κ3) is 2.46. The van der Waals surface area contributed by atoms with Crippen molar-refractivity contribution in [2.75, 3.05) is 0 Å². The molecule has 3 rings (SSSR count). The average Bonchev–Trinajstić information content (AvgIpc) is 2.90. The highest BCUT2D eigenvalue weighted by Crippen LogP contribution is 2.49. The van der Waals surface area contributed by atoms with Gasteiger partial charge in [-0.1, -0.05) is 29.3 Å². The van der Waals surface area contributed by atoms with Crippen molar-refractivity contribution in [1.29, 1.82) is 5.26 Å². The topological polar surface area (TPSA) is 87.7 Å². The number of benzene rings is 1. The number of aromatic nitrogens is 2. The zero-order valence-electron chi connectivity index (χ0n) is 11.6. The Bertz CT molecular complexity index is 878. The summed E-state index contributed by atoms with van der Waals surface area (Å²) in [5.41, 5.74) is 4.01. The molecule has 0 fully saturated rings. The van der Waals surface area contributed by atoms with E-state index in [0.717, 1.165) is 0 Å². The number of nitrogens with one attached hydrogen (secondary N) is 1. The lowest BCUT2D eigenvalue weighted by Gasteiger charge is -2.25. The monoisotopic (exact) mass is 374 g/mol. The highest BCUT2D eigenvalue weighted by molar-refractivity contribution is 6.36. The number of H-pyrrole nitrogens is 1. The minimum Gasteiger partial charge on any atom is -0.420 e. The zero-order chi connectivity index (χ0) is 17.6. The fourth-order valence-electron chi connectivity index (χ4n) is 2.54. The van der Waals surface area contributed by atoms with Gasteiger partial charge >= 0.3 is 6.18 Å². The first-order valence-electron chi connectivity index (χ1n) is 6.42. The Hall–Kier alpha value is -2.37. The molecular formula is C14H7Cl2F3N4O. The first-order chi connectivity index (χ1) is 11.3. The van der Waals surface area contributed by atoms with Crippen LogP contribution >= 0.6 is 23.2 Å². The van der Waals surface area contributed by atoms with E-state index >= 15 is 0 Å². The zero-order valence-corrected chi connectivity index (χ0v) is 13.1. The Morgan fingerprint density at radius 3 is 2.42 bits per heavy atom. The van der Waals surface area contributed by atoms with E-state index in [0.29, 0.717) is 0 Å². The number of nitrogens with zero attached hydrogens (tertiary/aromatic N) is 2. The Kier molecular flexibility index (Phi) is 3.86. The van der Waals surface area contributed by atoms with Gasteiger partial charge in [0, 0.05) is 15.6 Å². The molecule has 2 heterocycles. The van der Waals surface area contributed by atoms with Gasteiger partial charge < -0.3 is 10.5 Å². The van der Waals surface area contributed by atoms with Gasteiger partial charge in [-0.3, -0.25) is 5.10 Å². The molecular weight excluding hydrogens is 368 g/mol. The third-order valence-corrected chi connectivity index (χ3v) is 4.17. The summed E-state index contributed by atoms with van der Waals surface area (Å²) in [6.07, 6.45) is -4.75. The van der Waals surface area contributed by atoms with Crippen molar-refractivity contribution in [3.63, 3.8) is 0 Å². The Morgan fingerprint density at radius 2 is 1.88 bits per heavy atom. The number of nitrogens with two attached hydrogens (primary N) is 1. The molecule has 0 bridgehead atoms. The Labute approximate surface area is 143 Å². The molecule has 2 aromatic rings. The van der Waals surface area contributed by atoms with Gasteiger partial charge in [0.2, 0.25) is 11.8 Å². The highest BCUT2D eigenvalue weighted by atomic mass is 35.5. The summed E-state index contributed by atoms with van der Waals surface area (Å²) >= 11 is 12.2. The molecule has 0 aliphatic carbocycles. The number of rotatable bonds is 1. The van der Waals surface area contributed by atoms with Crippen molar-refractivity contribution < 1.29 is 17.9 Å². The van der Waals surface area contributed by atoms with E-state index in [1.54, 1.807) is 6.07 Å². The molecule has 0 spiro atoms. The number of hydrogen-bond acceptors (Lipinski definition) is 4. The van der Waals surface area contributed by atoms with Gasteiger partial charge in [0.05, 0.1) is 11.5 Å². The number of aromatic amines is 1. The molecule has 0 amide bonds. The minimum absolute atomic E-state index is 0.0928. The molecule has 0 saturated heterocycles. The van der Waals surface area contributed by atoms with Gasteiger partial charge in [-0.2, -0.15) is 18.4 Å². The molecule has 124 valence electrons. The van der Waals surface area contributed by atoms with Crippen LogP contribution in [0.25, 0.3) is 0 Å². The van der Waals surface area contributed by atoms with Crippen LogP contribution < -0.4 is 10.5 Å².